The third-order valence-electron chi connectivity index (χ3n) is 4.91. The predicted molar refractivity (Wildman–Crippen MR) is 120 cm³/mol. The number of nitrogens with one attached hydrogen (secondary N) is 1. The number of carbonyl (C=O) groups is 1. The molecule has 0 aliphatic carbocycles. The Labute approximate surface area is 177 Å². The van der Waals surface area contributed by atoms with Gasteiger partial charge in [0.15, 0.2) is 0 Å². The molecular formula is C22H28ClN3OS. The molecule has 0 spiro atoms. The van der Waals surface area contributed by atoms with Crippen molar-refractivity contribution in [1.29, 1.82) is 0 Å². The molecule has 1 saturated heterocycles. The van der Waals surface area contributed by atoms with Crippen LogP contribution in [-0.2, 0) is 4.79 Å². The van der Waals surface area contributed by atoms with Crippen molar-refractivity contribution in [1.82, 2.24) is 10.2 Å². The molecule has 2 aromatic rings. The highest BCUT2D eigenvalue weighted by atomic mass is 35.5. The highest BCUT2D eigenvalue weighted by molar-refractivity contribution is 8.00. The van der Waals surface area contributed by atoms with Gasteiger partial charge in [0, 0.05) is 43.3 Å². The first kappa shape index (κ1) is 21.0. The minimum Gasteiger partial charge on any atom is -0.369 e. The van der Waals surface area contributed by atoms with Crippen LogP contribution in [0.4, 0.5) is 5.69 Å². The van der Waals surface area contributed by atoms with Crippen LogP contribution in [0.5, 0.6) is 0 Å². The van der Waals surface area contributed by atoms with Gasteiger partial charge < -0.3 is 10.2 Å². The first-order valence-corrected chi connectivity index (χ1v) is 11.2. The summed E-state index contributed by atoms with van der Waals surface area (Å²) >= 11 is 7.60. The summed E-state index contributed by atoms with van der Waals surface area (Å²) < 4.78 is 0. The molecule has 1 fully saturated rings. The number of nitrogens with zero attached hydrogens (tertiary/aromatic N) is 2. The Balaban J connectivity index is 1.29. The molecule has 6 heteroatoms. The van der Waals surface area contributed by atoms with Gasteiger partial charge >= 0.3 is 0 Å². The maximum absolute atomic E-state index is 12.0. The van der Waals surface area contributed by atoms with Crippen LogP contribution in [0.25, 0.3) is 0 Å². The predicted octanol–water partition coefficient (Wildman–Crippen LogP) is 4.07. The molecule has 0 bridgehead atoms. The lowest BCUT2D eigenvalue weighted by molar-refractivity contribution is -0.118. The number of rotatable bonds is 8. The molecule has 0 atom stereocenters. The van der Waals surface area contributed by atoms with Crippen LogP contribution in [0.1, 0.15) is 12.0 Å². The molecule has 28 heavy (non-hydrogen) atoms. The highest BCUT2D eigenvalue weighted by Crippen LogP contribution is 2.26. The third kappa shape index (κ3) is 6.43. The molecule has 1 aliphatic rings. The fraction of sp³-hybridized carbons (Fsp3) is 0.409. The number of carbonyl (C=O) groups excluding carboxylic acids is 1. The van der Waals surface area contributed by atoms with Gasteiger partial charge in [0.1, 0.15) is 0 Å². The maximum atomic E-state index is 12.0. The van der Waals surface area contributed by atoms with Gasteiger partial charge in [0.2, 0.25) is 5.91 Å². The molecule has 0 saturated carbocycles. The van der Waals surface area contributed by atoms with E-state index >= 15 is 0 Å². The fourth-order valence-electron chi connectivity index (χ4n) is 3.34. The minimum atomic E-state index is 0.0641. The monoisotopic (exact) mass is 417 g/mol. The molecule has 150 valence electrons. The summed E-state index contributed by atoms with van der Waals surface area (Å²) in [4.78, 5) is 17.9. The summed E-state index contributed by atoms with van der Waals surface area (Å²) in [6.07, 6.45) is 0.979. The van der Waals surface area contributed by atoms with E-state index in [0.29, 0.717) is 10.8 Å². The van der Waals surface area contributed by atoms with Crippen molar-refractivity contribution in [2.24, 2.45) is 0 Å². The van der Waals surface area contributed by atoms with Crippen LogP contribution in [0, 0.1) is 6.92 Å². The summed E-state index contributed by atoms with van der Waals surface area (Å²) in [5.41, 5.74) is 2.63. The Morgan fingerprint density at radius 1 is 1.11 bits per heavy atom. The lowest BCUT2D eigenvalue weighted by Gasteiger charge is -2.36. The molecular weight excluding hydrogens is 390 g/mol. The molecule has 2 aromatic carbocycles. The van der Waals surface area contributed by atoms with E-state index in [-0.39, 0.29) is 5.91 Å². The summed E-state index contributed by atoms with van der Waals surface area (Å²) in [5, 5.41) is 3.71. The van der Waals surface area contributed by atoms with E-state index in [0.717, 1.165) is 50.6 Å². The number of aryl methyl sites for hydroxylation is 1. The SMILES string of the molecule is Cc1cccc(N2CCN(CCCNC(=O)CSc3ccccc3Cl)CC2)c1. The van der Waals surface area contributed by atoms with E-state index in [1.165, 1.54) is 23.0 Å². The quantitative estimate of drug-likeness (QED) is 0.518. The Kier molecular flexibility index (Phi) is 8.07. The van der Waals surface area contributed by atoms with Gasteiger partial charge in [0.25, 0.3) is 0 Å². The molecule has 0 aromatic heterocycles. The Bertz CT molecular complexity index is 778. The first-order chi connectivity index (χ1) is 13.6. The normalized spacial score (nSPS) is 14.9. The molecule has 1 amide bonds. The van der Waals surface area contributed by atoms with E-state index in [4.69, 9.17) is 11.6 Å². The standard InChI is InChI=1S/C22H28ClN3OS/c1-18-6-4-7-19(16-18)26-14-12-25(13-15-26)11-5-10-24-22(27)17-28-21-9-3-2-8-20(21)23/h2-4,6-9,16H,5,10-15,17H2,1H3,(H,24,27). The third-order valence-corrected chi connectivity index (χ3v) is 6.42. The highest BCUT2D eigenvalue weighted by Gasteiger charge is 2.16. The van der Waals surface area contributed by atoms with E-state index in [1.807, 2.05) is 24.3 Å². The molecule has 1 aliphatic heterocycles. The number of halogens is 1. The summed E-state index contributed by atoms with van der Waals surface area (Å²) in [6.45, 7) is 8.16. The van der Waals surface area contributed by atoms with Gasteiger partial charge in [-0.05, 0) is 49.7 Å². The minimum absolute atomic E-state index is 0.0641. The van der Waals surface area contributed by atoms with Crippen LogP contribution >= 0.6 is 23.4 Å². The van der Waals surface area contributed by atoms with Crippen molar-refractivity contribution in [2.75, 3.05) is 49.9 Å². The van der Waals surface area contributed by atoms with Gasteiger partial charge in [0.05, 0.1) is 10.8 Å². The fourth-order valence-corrected chi connectivity index (χ4v) is 4.41. The largest absolute Gasteiger partial charge is 0.369 e. The second kappa shape index (κ2) is 10.7. The van der Waals surface area contributed by atoms with E-state index in [2.05, 4.69) is 46.3 Å². The Hall–Kier alpha value is -1.69. The number of hydrogen-bond acceptors (Lipinski definition) is 4. The second-order valence-electron chi connectivity index (χ2n) is 7.09. The number of benzene rings is 2. The van der Waals surface area contributed by atoms with Gasteiger partial charge in [-0.1, -0.05) is 35.9 Å². The molecule has 0 unspecified atom stereocenters. The van der Waals surface area contributed by atoms with Crippen LogP contribution in [0.15, 0.2) is 53.4 Å². The number of piperazine rings is 1. The van der Waals surface area contributed by atoms with Crippen LogP contribution < -0.4 is 10.2 Å². The average Bonchev–Trinajstić information content (AvgIpc) is 2.71. The first-order valence-electron chi connectivity index (χ1n) is 9.80. The second-order valence-corrected chi connectivity index (χ2v) is 8.51. The van der Waals surface area contributed by atoms with E-state index in [9.17, 15) is 4.79 Å². The molecule has 0 radical (unpaired) electrons. The Morgan fingerprint density at radius 3 is 2.64 bits per heavy atom. The summed E-state index contributed by atoms with van der Waals surface area (Å²) in [5.74, 6) is 0.466. The zero-order valence-electron chi connectivity index (χ0n) is 16.4. The van der Waals surface area contributed by atoms with E-state index < -0.39 is 0 Å². The van der Waals surface area contributed by atoms with Crippen LogP contribution in [-0.4, -0.2) is 55.8 Å². The number of anilines is 1. The van der Waals surface area contributed by atoms with Gasteiger partial charge in [-0.25, -0.2) is 0 Å². The van der Waals surface area contributed by atoms with Crippen molar-refractivity contribution in [3.8, 4) is 0 Å². The average molecular weight is 418 g/mol. The molecule has 3 rings (SSSR count). The molecule has 1 heterocycles. The topological polar surface area (TPSA) is 35.6 Å². The smallest absolute Gasteiger partial charge is 0.230 e. The van der Waals surface area contributed by atoms with E-state index in [1.54, 1.807) is 0 Å². The van der Waals surface area contributed by atoms with Crippen LogP contribution in [0.3, 0.4) is 0 Å². The number of hydrogen-bond donors (Lipinski definition) is 1. The van der Waals surface area contributed by atoms with Crippen LogP contribution in [0.2, 0.25) is 5.02 Å². The van der Waals surface area contributed by atoms with Crippen molar-refractivity contribution in [3.05, 3.63) is 59.1 Å². The van der Waals surface area contributed by atoms with Gasteiger partial charge in [-0.15, -0.1) is 11.8 Å². The summed E-state index contributed by atoms with van der Waals surface area (Å²) in [7, 11) is 0. The lowest BCUT2D eigenvalue weighted by Crippen LogP contribution is -2.47. The maximum Gasteiger partial charge on any atom is 0.230 e. The summed E-state index contributed by atoms with van der Waals surface area (Å²) in [6, 6.07) is 16.3. The number of thioether (sulfide) groups is 1. The zero-order chi connectivity index (χ0) is 19.8. The van der Waals surface area contributed by atoms with Gasteiger partial charge in [-0.2, -0.15) is 0 Å². The van der Waals surface area contributed by atoms with Crippen molar-refractivity contribution in [2.45, 2.75) is 18.2 Å². The lowest BCUT2D eigenvalue weighted by atomic mass is 10.2. The molecule has 4 nitrogen and oxygen atoms in total. The Morgan fingerprint density at radius 2 is 1.89 bits per heavy atom. The molecule has 1 N–H and O–H groups in total. The van der Waals surface area contributed by atoms with Crippen molar-refractivity contribution >= 4 is 35.0 Å². The van der Waals surface area contributed by atoms with Crippen molar-refractivity contribution < 1.29 is 4.79 Å². The van der Waals surface area contributed by atoms with Crippen molar-refractivity contribution in [3.63, 3.8) is 0 Å². The van der Waals surface area contributed by atoms with Gasteiger partial charge in [-0.3, -0.25) is 9.69 Å². The number of amides is 1. The zero-order valence-corrected chi connectivity index (χ0v) is 17.9.